The minimum absolute atomic E-state index is 0.0309. The fourth-order valence-corrected chi connectivity index (χ4v) is 2.39. The molecule has 7 nitrogen and oxygen atoms in total. The SMILES string of the molecule is CCSC(=O)C(=NOCC(=O)OC(C)(C)C)c1csc(N)n1. The number of aromatic nitrogens is 1. The van der Waals surface area contributed by atoms with Gasteiger partial charge in [-0.1, -0.05) is 23.8 Å². The molecule has 0 aliphatic carbocycles. The minimum Gasteiger partial charge on any atom is -0.457 e. The van der Waals surface area contributed by atoms with Gasteiger partial charge < -0.3 is 15.3 Å². The van der Waals surface area contributed by atoms with Crippen molar-refractivity contribution >= 4 is 45.0 Å². The monoisotopic (exact) mass is 345 g/mol. The van der Waals surface area contributed by atoms with E-state index >= 15 is 0 Å². The lowest BCUT2D eigenvalue weighted by Crippen LogP contribution is -2.26. The molecular formula is C13H19N3O4S2. The molecule has 0 unspecified atom stereocenters. The molecule has 0 spiro atoms. The quantitative estimate of drug-likeness (QED) is 0.478. The molecule has 0 aliphatic heterocycles. The van der Waals surface area contributed by atoms with Gasteiger partial charge in [-0.15, -0.1) is 11.3 Å². The maximum atomic E-state index is 12.0. The predicted octanol–water partition coefficient (Wildman–Crippen LogP) is 2.07. The van der Waals surface area contributed by atoms with E-state index in [1.165, 1.54) is 11.3 Å². The van der Waals surface area contributed by atoms with Crippen molar-refractivity contribution in [3.8, 4) is 0 Å². The van der Waals surface area contributed by atoms with Gasteiger partial charge in [-0.25, -0.2) is 9.78 Å². The molecule has 22 heavy (non-hydrogen) atoms. The third-order valence-electron chi connectivity index (χ3n) is 1.99. The first kappa shape index (κ1) is 18.4. The molecule has 0 fully saturated rings. The zero-order valence-corrected chi connectivity index (χ0v) is 14.5. The lowest BCUT2D eigenvalue weighted by Gasteiger charge is -2.18. The van der Waals surface area contributed by atoms with Crippen LogP contribution in [0.1, 0.15) is 33.4 Å². The molecule has 2 N–H and O–H groups in total. The first-order valence-electron chi connectivity index (χ1n) is 6.53. The number of rotatable bonds is 6. The summed E-state index contributed by atoms with van der Waals surface area (Å²) in [5, 5.41) is 5.37. The standard InChI is InChI=1S/C13H19N3O4S2/c1-5-21-11(18)10(8-7-22-12(14)15-8)16-19-6-9(17)20-13(2,3)4/h7H,5-6H2,1-4H3,(H2,14,15). The highest BCUT2D eigenvalue weighted by Crippen LogP contribution is 2.16. The van der Waals surface area contributed by atoms with Crippen molar-refractivity contribution in [3.63, 3.8) is 0 Å². The fraction of sp³-hybridized carbons (Fsp3) is 0.538. The smallest absolute Gasteiger partial charge is 0.347 e. The number of hydrogen-bond donors (Lipinski definition) is 1. The predicted molar refractivity (Wildman–Crippen MR) is 88.0 cm³/mol. The number of thioether (sulfide) groups is 1. The summed E-state index contributed by atoms with van der Waals surface area (Å²) in [7, 11) is 0. The summed E-state index contributed by atoms with van der Waals surface area (Å²) in [4.78, 5) is 32.5. The van der Waals surface area contributed by atoms with Crippen LogP contribution in [-0.4, -0.2) is 39.7 Å². The maximum absolute atomic E-state index is 12.0. The van der Waals surface area contributed by atoms with Crippen LogP contribution in [0.5, 0.6) is 0 Å². The number of hydrogen-bond acceptors (Lipinski definition) is 9. The molecule has 0 saturated carbocycles. The third-order valence-corrected chi connectivity index (χ3v) is 3.41. The van der Waals surface area contributed by atoms with E-state index in [-0.39, 0.29) is 17.4 Å². The topological polar surface area (TPSA) is 104 Å². The molecule has 0 bridgehead atoms. The van der Waals surface area contributed by atoms with E-state index in [9.17, 15) is 9.59 Å². The van der Waals surface area contributed by atoms with Gasteiger partial charge in [0.1, 0.15) is 11.3 Å². The number of thiazole rings is 1. The summed E-state index contributed by atoms with van der Waals surface area (Å²) >= 11 is 2.26. The second kappa shape index (κ2) is 8.14. The van der Waals surface area contributed by atoms with Crippen molar-refractivity contribution in [2.75, 3.05) is 18.1 Å². The summed E-state index contributed by atoms with van der Waals surface area (Å²) in [6.07, 6.45) is 0. The lowest BCUT2D eigenvalue weighted by molar-refractivity contribution is -0.160. The Hall–Kier alpha value is -1.61. The normalized spacial score (nSPS) is 12.1. The van der Waals surface area contributed by atoms with Crippen LogP contribution in [0.25, 0.3) is 0 Å². The average Bonchev–Trinajstić information content (AvgIpc) is 2.79. The number of anilines is 1. The van der Waals surface area contributed by atoms with Crippen LogP contribution in [0, 0.1) is 0 Å². The third kappa shape index (κ3) is 6.44. The van der Waals surface area contributed by atoms with E-state index in [0.29, 0.717) is 16.6 Å². The largest absolute Gasteiger partial charge is 0.457 e. The molecule has 0 radical (unpaired) electrons. The van der Waals surface area contributed by atoms with E-state index in [1.54, 1.807) is 26.2 Å². The molecule has 9 heteroatoms. The molecule has 1 aromatic heterocycles. The first-order chi connectivity index (χ1) is 10.2. The summed E-state index contributed by atoms with van der Waals surface area (Å²) in [6.45, 7) is 6.71. The molecule has 0 saturated heterocycles. The molecule has 0 amide bonds. The molecule has 0 aliphatic rings. The molecule has 122 valence electrons. The van der Waals surface area contributed by atoms with Crippen LogP contribution in [-0.2, 0) is 19.2 Å². The zero-order chi connectivity index (χ0) is 16.8. The number of carbonyl (C=O) groups excluding carboxylic acids is 2. The first-order valence-corrected chi connectivity index (χ1v) is 8.39. The number of oxime groups is 1. The lowest BCUT2D eigenvalue weighted by atomic mass is 10.2. The van der Waals surface area contributed by atoms with Gasteiger partial charge in [-0.05, 0) is 26.5 Å². The van der Waals surface area contributed by atoms with Crippen molar-refractivity contribution < 1.29 is 19.2 Å². The minimum atomic E-state index is -0.607. The van der Waals surface area contributed by atoms with Crippen molar-refractivity contribution in [1.82, 2.24) is 4.98 Å². The number of nitrogens with two attached hydrogens (primary N) is 1. The number of nitrogens with zero attached hydrogens (tertiary/aromatic N) is 2. The molecule has 0 atom stereocenters. The Bertz CT molecular complexity index is 564. The Morgan fingerprint density at radius 2 is 2.14 bits per heavy atom. The molecule has 1 aromatic rings. The molecule has 1 heterocycles. The summed E-state index contributed by atoms with van der Waals surface area (Å²) < 4.78 is 5.08. The van der Waals surface area contributed by atoms with Crippen LogP contribution in [0.4, 0.5) is 5.13 Å². The van der Waals surface area contributed by atoms with Gasteiger partial charge >= 0.3 is 5.97 Å². The van der Waals surface area contributed by atoms with Gasteiger partial charge in [0.2, 0.25) is 11.7 Å². The zero-order valence-electron chi connectivity index (χ0n) is 12.9. The summed E-state index contributed by atoms with van der Waals surface area (Å²) in [5.74, 6) is 0.0211. The molecule has 0 aromatic carbocycles. The Kier molecular flexibility index (Phi) is 6.82. The van der Waals surface area contributed by atoms with Crippen LogP contribution in [0.3, 0.4) is 0 Å². The number of carbonyl (C=O) groups is 2. The van der Waals surface area contributed by atoms with Gasteiger partial charge in [0, 0.05) is 5.38 Å². The number of ether oxygens (including phenoxy) is 1. The fourth-order valence-electron chi connectivity index (χ4n) is 1.30. The van der Waals surface area contributed by atoms with E-state index in [4.69, 9.17) is 15.3 Å². The highest BCUT2D eigenvalue weighted by atomic mass is 32.2. The van der Waals surface area contributed by atoms with Crippen molar-refractivity contribution in [2.24, 2.45) is 5.16 Å². The van der Waals surface area contributed by atoms with E-state index < -0.39 is 11.6 Å². The summed E-state index contributed by atoms with van der Waals surface area (Å²) in [6, 6.07) is 0. The van der Waals surface area contributed by atoms with Crippen LogP contribution < -0.4 is 5.73 Å². The number of nitrogen functional groups attached to an aromatic ring is 1. The highest BCUT2D eigenvalue weighted by molar-refractivity contribution is 8.15. The Balaban J connectivity index is 2.75. The van der Waals surface area contributed by atoms with Gasteiger partial charge in [-0.2, -0.15) is 0 Å². The second-order valence-corrected chi connectivity index (χ2v) is 7.22. The van der Waals surface area contributed by atoms with Crippen molar-refractivity contribution in [3.05, 3.63) is 11.1 Å². The van der Waals surface area contributed by atoms with Gasteiger partial charge in [0.15, 0.2) is 10.8 Å². The van der Waals surface area contributed by atoms with Crippen molar-refractivity contribution in [2.45, 2.75) is 33.3 Å². The van der Waals surface area contributed by atoms with Crippen LogP contribution in [0.2, 0.25) is 0 Å². The Morgan fingerprint density at radius 1 is 1.45 bits per heavy atom. The molecular weight excluding hydrogens is 326 g/mol. The van der Waals surface area contributed by atoms with Gasteiger partial charge in [-0.3, -0.25) is 4.79 Å². The van der Waals surface area contributed by atoms with E-state index in [0.717, 1.165) is 11.8 Å². The van der Waals surface area contributed by atoms with Crippen LogP contribution in [0.15, 0.2) is 10.5 Å². The van der Waals surface area contributed by atoms with Crippen LogP contribution >= 0.6 is 23.1 Å². The number of esters is 1. The Morgan fingerprint density at radius 3 is 2.64 bits per heavy atom. The van der Waals surface area contributed by atoms with E-state index in [1.807, 2.05) is 6.92 Å². The van der Waals surface area contributed by atoms with Crippen molar-refractivity contribution in [1.29, 1.82) is 0 Å². The second-order valence-electron chi connectivity index (χ2n) is 5.09. The maximum Gasteiger partial charge on any atom is 0.347 e. The van der Waals surface area contributed by atoms with Gasteiger partial charge in [0.05, 0.1) is 0 Å². The van der Waals surface area contributed by atoms with E-state index in [2.05, 4.69) is 10.1 Å². The highest BCUT2D eigenvalue weighted by Gasteiger charge is 2.20. The average molecular weight is 345 g/mol. The Labute approximate surface area is 137 Å². The summed E-state index contributed by atoms with van der Waals surface area (Å²) in [5.41, 5.74) is 5.31. The molecule has 1 rings (SSSR count). The van der Waals surface area contributed by atoms with Gasteiger partial charge in [0.25, 0.3) is 0 Å².